The Kier molecular flexibility index (Phi) is 7.24. The van der Waals surface area contributed by atoms with Crippen LogP contribution in [0.5, 0.6) is 0 Å². The maximum Gasteiger partial charge on any atom is 0.110 e. The van der Waals surface area contributed by atoms with Crippen LogP contribution in [-0.2, 0) is 4.74 Å². The normalized spacial score (nSPS) is 30.3. The fraction of sp³-hybridized carbons (Fsp3) is 0.652. The topological polar surface area (TPSA) is 9.23 Å². The lowest BCUT2D eigenvalue weighted by Gasteiger charge is -2.30. The maximum atomic E-state index is 13.8. The van der Waals surface area contributed by atoms with Gasteiger partial charge in [0.1, 0.15) is 12.5 Å². The summed E-state index contributed by atoms with van der Waals surface area (Å²) in [5.74, 6) is 0.905. The van der Waals surface area contributed by atoms with Crippen LogP contribution in [0.25, 0.3) is 0 Å². The largest absolute Gasteiger partial charge is 0.373 e. The predicted octanol–water partition coefficient (Wildman–Crippen LogP) is 7.05. The van der Waals surface area contributed by atoms with E-state index in [1.165, 1.54) is 30.4 Å². The first-order valence-electron chi connectivity index (χ1n) is 10.3. The molecule has 3 heteroatoms. The minimum absolute atomic E-state index is 0.0759. The van der Waals surface area contributed by atoms with E-state index < -0.39 is 6.67 Å². The zero-order valence-electron chi connectivity index (χ0n) is 15.9. The lowest BCUT2D eigenvalue weighted by atomic mass is 9.78. The molecule has 1 aliphatic carbocycles. The minimum atomic E-state index is -0.699. The fourth-order valence-corrected chi connectivity index (χ4v) is 4.63. The highest BCUT2D eigenvalue weighted by atomic mass is 19.1. The van der Waals surface area contributed by atoms with E-state index in [9.17, 15) is 8.78 Å². The Morgan fingerprint density at radius 2 is 1.73 bits per heavy atom. The Hall–Kier alpha value is -1.22. The highest BCUT2D eigenvalue weighted by Gasteiger charge is 2.26. The van der Waals surface area contributed by atoms with E-state index in [1.54, 1.807) is 0 Å². The molecule has 1 heterocycles. The van der Waals surface area contributed by atoms with Crippen LogP contribution in [0.2, 0.25) is 0 Å². The summed E-state index contributed by atoms with van der Waals surface area (Å²) in [5.41, 5.74) is 2.64. The van der Waals surface area contributed by atoms with Crippen molar-refractivity contribution >= 4 is 0 Å². The van der Waals surface area contributed by atoms with Crippen LogP contribution in [0.15, 0.2) is 36.2 Å². The molecule has 1 aromatic rings. The van der Waals surface area contributed by atoms with Gasteiger partial charge in [0.25, 0.3) is 0 Å². The van der Waals surface area contributed by atoms with Gasteiger partial charge in [0.05, 0.1) is 12.7 Å². The Morgan fingerprint density at radius 3 is 2.31 bits per heavy atom. The van der Waals surface area contributed by atoms with Gasteiger partial charge in [-0.3, -0.25) is 0 Å². The monoisotopic (exact) mass is 362 g/mol. The number of alkyl halides is 1. The van der Waals surface area contributed by atoms with Gasteiger partial charge in [0.2, 0.25) is 0 Å². The van der Waals surface area contributed by atoms with Crippen LogP contribution < -0.4 is 0 Å². The van der Waals surface area contributed by atoms with E-state index in [0.717, 1.165) is 50.7 Å². The molecule has 1 nitrogen and oxygen atoms in total. The smallest absolute Gasteiger partial charge is 0.110 e. The van der Waals surface area contributed by atoms with Gasteiger partial charge in [-0.25, -0.2) is 8.78 Å². The Morgan fingerprint density at radius 1 is 1.04 bits per heavy atom. The first-order valence-corrected chi connectivity index (χ1v) is 10.3. The van der Waals surface area contributed by atoms with E-state index in [2.05, 4.69) is 31.2 Å². The van der Waals surface area contributed by atoms with E-state index in [-0.39, 0.29) is 17.8 Å². The second kappa shape index (κ2) is 9.64. The molecule has 0 amide bonds. The van der Waals surface area contributed by atoms with Crippen molar-refractivity contribution in [3.63, 3.8) is 0 Å². The number of benzene rings is 1. The van der Waals surface area contributed by atoms with Gasteiger partial charge in [-0.05, 0) is 74.0 Å². The van der Waals surface area contributed by atoms with Crippen molar-refractivity contribution < 1.29 is 13.5 Å². The van der Waals surface area contributed by atoms with Crippen molar-refractivity contribution in [3.05, 3.63) is 47.3 Å². The molecule has 0 radical (unpaired) electrons. The Bertz CT molecular complexity index is 564. The standard InChI is InChI=1S/C23H32F2O/c1-2-3-17-4-13-23(26-16-17)21-11-7-19(8-12-21)18-5-9-20(10-6-18)22(25)14-15-24/h7-8,11-12,14,17-18,20,23H,2-6,9-10,13,15-16H2,1H3/b22-14-. The summed E-state index contributed by atoms with van der Waals surface area (Å²) in [7, 11) is 0. The van der Waals surface area contributed by atoms with Crippen LogP contribution in [0.1, 0.15) is 81.4 Å². The number of hydrogen-bond acceptors (Lipinski definition) is 1. The molecule has 1 saturated heterocycles. The highest BCUT2D eigenvalue weighted by molar-refractivity contribution is 5.27. The molecule has 1 saturated carbocycles. The van der Waals surface area contributed by atoms with Gasteiger partial charge in [0.15, 0.2) is 0 Å². The van der Waals surface area contributed by atoms with E-state index in [4.69, 9.17) is 4.74 Å². The number of hydrogen-bond donors (Lipinski definition) is 0. The van der Waals surface area contributed by atoms with Crippen LogP contribution >= 0.6 is 0 Å². The van der Waals surface area contributed by atoms with Crippen LogP contribution in [0.3, 0.4) is 0 Å². The second-order valence-electron chi connectivity index (χ2n) is 8.01. The van der Waals surface area contributed by atoms with Crippen LogP contribution in [-0.4, -0.2) is 13.3 Å². The maximum absolute atomic E-state index is 13.8. The fourth-order valence-electron chi connectivity index (χ4n) is 4.63. The number of rotatable bonds is 6. The van der Waals surface area contributed by atoms with Crippen molar-refractivity contribution in [1.29, 1.82) is 0 Å². The molecule has 2 aliphatic rings. The number of halogens is 2. The summed E-state index contributed by atoms with van der Waals surface area (Å²) >= 11 is 0. The lowest BCUT2D eigenvalue weighted by Crippen LogP contribution is -2.20. The van der Waals surface area contributed by atoms with E-state index >= 15 is 0 Å². The molecule has 26 heavy (non-hydrogen) atoms. The van der Waals surface area contributed by atoms with Crippen molar-refractivity contribution in [1.82, 2.24) is 0 Å². The van der Waals surface area contributed by atoms with Gasteiger partial charge >= 0.3 is 0 Å². The molecule has 0 aromatic heterocycles. The lowest BCUT2D eigenvalue weighted by molar-refractivity contribution is -0.0194. The third-order valence-electron chi connectivity index (χ3n) is 6.24. The molecule has 1 aromatic carbocycles. The van der Waals surface area contributed by atoms with Crippen molar-refractivity contribution in [2.75, 3.05) is 13.3 Å². The van der Waals surface area contributed by atoms with Crippen LogP contribution in [0, 0.1) is 11.8 Å². The second-order valence-corrected chi connectivity index (χ2v) is 8.01. The molecule has 2 atom stereocenters. The molecule has 144 valence electrons. The van der Waals surface area contributed by atoms with Gasteiger partial charge < -0.3 is 4.74 Å². The van der Waals surface area contributed by atoms with Crippen molar-refractivity contribution in [2.24, 2.45) is 11.8 Å². The molecule has 1 aliphatic heterocycles. The van der Waals surface area contributed by atoms with Gasteiger partial charge in [-0.2, -0.15) is 0 Å². The average Bonchev–Trinajstić information content (AvgIpc) is 2.69. The zero-order chi connectivity index (χ0) is 18.4. The quantitative estimate of drug-likeness (QED) is 0.527. The summed E-state index contributed by atoms with van der Waals surface area (Å²) in [4.78, 5) is 0. The summed E-state index contributed by atoms with van der Waals surface area (Å²) in [5, 5.41) is 0. The summed E-state index contributed by atoms with van der Waals surface area (Å²) in [6.45, 7) is 2.43. The number of allylic oxidation sites excluding steroid dienone is 2. The molecule has 2 fully saturated rings. The molecule has 0 N–H and O–H groups in total. The third-order valence-corrected chi connectivity index (χ3v) is 6.24. The third kappa shape index (κ3) is 4.94. The summed E-state index contributed by atoms with van der Waals surface area (Å²) < 4.78 is 32.1. The highest BCUT2D eigenvalue weighted by Crippen LogP contribution is 2.40. The number of ether oxygens (including phenoxy) is 1. The van der Waals surface area contributed by atoms with Gasteiger partial charge in [0, 0.05) is 5.92 Å². The molecular formula is C23H32F2O. The first kappa shape index (κ1) is 19.5. The van der Waals surface area contributed by atoms with Gasteiger partial charge in [-0.1, -0.05) is 37.6 Å². The molecule has 2 unspecified atom stereocenters. The van der Waals surface area contributed by atoms with E-state index in [0.29, 0.717) is 5.92 Å². The predicted molar refractivity (Wildman–Crippen MR) is 103 cm³/mol. The molecule has 0 spiro atoms. The van der Waals surface area contributed by atoms with Gasteiger partial charge in [-0.15, -0.1) is 0 Å². The van der Waals surface area contributed by atoms with Crippen LogP contribution in [0.4, 0.5) is 8.78 Å². The zero-order valence-corrected chi connectivity index (χ0v) is 15.9. The van der Waals surface area contributed by atoms with E-state index in [1.807, 2.05) is 0 Å². The summed E-state index contributed by atoms with van der Waals surface area (Å²) in [6.07, 6.45) is 9.84. The average molecular weight is 363 g/mol. The Balaban J connectivity index is 1.52. The van der Waals surface area contributed by atoms with Crippen molar-refractivity contribution in [2.45, 2.75) is 70.3 Å². The van der Waals surface area contributed by atoms with Crippen molar-refractivity contribution in [3.8, 4) is 0 Å². The molecular weight excluding hydrogens is 330 g/mol. The summed E-state index contributed by atoms with van der Waals surface area (Å²) in [6, 6.07) is 8.90. The minimum Gasteiger partial charge on any atom is -0.373 e. The SMILES string of the molecule is CCCC1CCC(c2ccc(C3CCC(/C(F)=C/CF)CC3)cc2)OC1. The molecule has 0 bridgehead atoms. The molecule has 3 rings (SSSR count). The first-order chi connectivity index (χ1) is 12.7. The Labute approximate surface area is 156 Å².